The molecular weight excluding hydrogens is 261 g/mol. The third-order valence-electron chi connectivity index (χ3n) is 2.90. The van der Waals surface area contributed by atoms with Gasteiger partial charge in [0.2, 0.25) is 5.91 Å². The summed E-state index contributed by atoms with van der Waals surface area (Å²) < 4.78 is 13.1. The zero-order chi connectivity index (χ0) is 15.3. The second-order valence-corrected chi connectivity index (χ2v) is 5.67. The molecule has 0 atom stereocenters. The number of benzene rings is 1. The second kappa shape index (κ2) is 6.50. The fourth-order valence-electron chi connectivity index (χ4n) is 1.96. The molecule has 1 amide bonds. The quantitative estimate of drug-likeness (QED) is 0.902. The summed E-state index contributed by atoms with van der Waals surface area (Å²) in [6.07, 6.45) is -0.0409. The number of aliphatic carboxylic acids is 1. The minimum atomic E-state index is -0.946. The van der Waals surface area contributed by atoms with Gasteiger partial charge in [0.15, 0.2) is 0 Å². The van der Waals surface area contributed by atoms with Crippen LogP contribution in [0, 0.1) is 5.82 Å². The second-order valence-electron chi connectivity index (χ2n) is 5.67. The minimum absolute atomic E-state index is 0.0641. The third-order valence-corrected chi connectivity index (χ3v) is 2.90. The Bertz CT molecular complexity index is 494. The van der Waals surface area contributed by atoms with Crippen LogP contribution in [0.1, 0.15) is 32.8 Å². The molecule has 0 heterocycles. The first kappa shape index (κ1) is 16.1. The van der Waals surface area contributed by atoms with Crippen molar-refractivity contribution in [2.45, 2.75) is 39.2 Å². The van der Waals surface area contributed by atoms with Crippen molar-refractivity contribution >= 4 is 11.9 Å². The molecule has 1 N–H and O–H groups in total. The maximum absolute atomic E-state index is 13.1. The molecule has 1 aromatic carbocycles. The Morgan fingerprint density at radius 3 is 2.45 bits per heavy atom. The van der Waals surface area contributed by atoms with Crippen LogP contribution in [0.25, 0.3) is 0 Å². The van der Waals surface area contributed by atoms with Gasteiger partial charge in [0.25, 0.3) is 0 Å². The molecule has 110 valence electrons. The Labute approximate surface area is 118 Å². The number of carboxylic acid groups (broad SMARTS) is 1. The molecule has 0 unspecified atom stereocenters. The molecule has 0 spiro atoms. The number of rotatable bonds is 5. The molecule has 0 fully saturated rings. The van der Waals surface area contributed by atoms with E-state index < -0.39 is 11.5 Å². The molecule has 0 aromatic heterocycles. The highest BCUT2D eigenvalue weighted by Crippen LogP contribution is 2.16. The van der Waals surface area contributed by atoms with Gasteiger partial charge in [-0.3, -0.25) is 9.59 Å². The van der Waals surface area contributed by atoms with Crippen molar-refractivity contribution in [3.63, 3.8) is 0 Å². The highest BCUT2D eigenvalue weighted by Gasteiger charge is 2.26. The predicted octanol–water partition coefficient (Wildman–Crippen LogP) is 2.47. The maximum atomic E-state index is 13.1. The molecule has 0 aliphatic rings. The summed E-state index contributed by atoms with van der Waals surface area (Å²) in [5, 5.41) is 8.75. The van der Waals surface area contributed by atoms with Crippen LogP contribution in [0.2, 0.25) is 0 Å². The molecule has 4 nitrogen and oxygen atoms in total. The number of halogens is 1. The Morgan fingerprint density at radius 1 is 1.30 bits per heavy atom. The summed E-state index contributed by atoms with van der Waals surface area (Å²) in [6, 6.07) is 5.87. The van der Waals surface area contributed by atoms with Gasteiger partial charge in [0, 0.05) is 12.1 Å². The lowest BCUT2D eigenvalue weighted by molar-refractivity contribution is -0.140. The first-order valence-electron chi connectivity index (χ1n) is 6.47. The lowest BCUT2D eigenvalue weighted by atomic mass is 10.0. The first-order valence-corrected chi connectivity index (χ1v) is 6.47. The highest BCUT2D eigenvalue weighted by atomic mass is 19.1. The van der Waals surface area contributed by atoms with E-state index in [2.05, 4.69) is 0 Å². The van der Waals surface area contributed by atoms with Gasteiger partial charge in [-0.1, -0.05) is 12.1 Å². The monoisotopic (exact) mass is 281 g/mol. The smallest absolute Gasteiger partial charge is 0.305 e. The van der Waals surface area contributed by atoms with Crippen molar-refractivity contribution in [1.82, 2.24) is 4.90 Å². The van der Waals surface area contributed by atoms with Crippen LogP contribution in [-0.4, -0.2) is 34.0 Å². The summed E-state index contributed by atoms with van der Waals surface area (Å²) in [6.45, 7) is 5.68. The zero-order valence-corrected chi connectivity index (χ0v) is 12.0. The standard InChI is InChI=1S/C15H20FNO3/c1-15(2,3)17(8-7-14(19)20)13(18)10-11-5-4-6-12(16)9-11/h4-6,9H,7-8,10H2,1-3H3,(H,19,20). The van der Waals surface area contributed by atoms with E-state index >= 15 is 0 Å². The zero-order valence-electron chi connectivity index (χ0n) is 12.0. The fourth-order valence-corrected chi connectivity index (χ4v) is 1.96. The largest absolute Gasteiger partial charge is 0.481 e. The van der Waals surface area contributed by atoms with Crippen LogP contribution in [0.15, 0.2) is 24.3 Å². The van der Waals surface area contributed by atoms with Gasteiger partial charge in [-0.25, -0.2) is 4.39 Å². The van der Waals surface area contributed by atoms with E-state index in [0.717, 1.165) is 0 Å². The van der Waals surface area contributed by atoms with Crippen molar-refractivity contribution in [2.75, 3.05) is 6.54 Å². The molecule has 0 saturated heterocycles. The van der Waals surface area contributed by atoms with Gasteiger partial charge >= 0.3 is 5.97 Å². The van der Waals surface area contributed by atoms with E-state index in [1.54, 1.807) is 12.1 Å². The number of nitrogens with zero attached hydrogens (tertiary/aromatic N) is 1. The minimum Gasteiger partial charge on any atom is -0.481 e. The van der Waals surface area contributed by atoms with Gasteiger partial charge in [-0.2, -0.15) is 0 Å². The molecule has 0 aliphatic carbocycles. The van der Waals surface area contributed by atoms with Crippen molar-refractivity contribution < 1.29 is 19.1 Å². The summed E-state index contributed by atoms with van der Waals surface area (Å²) >= 11 is 0. The SMILES string of the molecule is CC(C)(C)N(CCC(=O)O)C(=O)Cc1cccc(F)c1. The van der Waals surface area contributed by atoms with Crippen molar-refractivity contribution in [2.24, 2.45) is 0 Å². The summed E-state index contributed by atoms with van der Waals surface area (Å²) in [5.74, 6) is -1.54. The van der Waals surface area contributed by atoms with E-state index in [1.165, 1.54) is 17.0 Å². The van der Waals surface area contributed by atoms with E-state index in [4.69, 9.17) is 5.11 Å². The molecule has 0 saturated carbocycles. The Hall–Kier alpha value is -1.91. The summed E-state index contributed by atoms with van der Waals surface area (Å²) in [5.41, 5.74) is 0.111. The van der Waals surface area contributed by atoms with Crippen LogP contribution in [0.3, 0.4) is 0 Å². The van der Waals surface area contributed by atoms with Crippen LogP contribution in [-0.2, 0) is 16.0 Å². The predicted molar refractivity (Wildman–Crippen MR) is 73.8 cm³/mol. The molecule has 0 bridgehead atoms. The number of amides is 1. The van der Waals surface area contributed by atoms with E-state index in [9.17, 15) is 14.0 Å². The number of carboxylic acids is 1. The van der Waals surface area contributed by atoms with Crippen LogP contribution >= 0.6 is 0 Å². The molecule has 1 rings (SSSR count). The number of hydrogen-bond acceptors (Lipinski definition) is 2. The van der Waals surface area contributed by atoms with Gasteiger partial charge in [0.05, 0.1) is 12.8 Å². The number of hydrogen-bond donors (Lipinski definition) is 1. The fraction of sp³-hybridized carbons (Fsp3) is 0.467. The first-order chi connectivity index (χ1) is 9.20. The third kappa shape index (κ3) is 4.99. The Kier molecular flexibility index (Phi) is 5.25. The number of carbonyl (C=O) groups is 2. The number of carbonyl (C=O) groups excluding carboxylic acids is 1. The van der Waals surface area contributed by atoms with Gasteiger partial charge in [-0.05, 0) is 38.5 Å². The summed E-state index contributed by atoms with van der Waals surface area (Å²) in [4.78, 5) is 24.5. The van der Waals surface area contributed by atoms with Gasteiger partial charge in [-0.15, -0.1) is 0 Å². The Morgan fingerprint density at radius 2 is 1.95 bits per heavy atom. The van der Waals surface area contributed by atoms with Crippen LogP contribution in [0.5, 0.6) is 0 Å². The van der Waals surface area contributed by atoms with E-state index in [0.29, 0.717) is 5.56 Å². The van der Waals surface area contributed by atoms with Crippen molar-refractivity contribution in [1.29, 1.82) is 0 Å². The van der Waals surface area contributed by atoms with Crippen molar-refractivity contribution in [3.8, 4) is 0 Å². The van der Waals surface area contributed by atoms with Crippen LogP contribution < -0.4 is 0 Å². The summed E-state index contributed by atoms with van der Waals surface area (Å²) in [7, 11) is 0. The molecule has 0 radical (unpaired) electrons. The lowest BCUT2D eigenvalue weighted by Gasteiger charge is -2.35. The lowest BCUT2D eigenvalue weighted by Crippen LogP contribution is -2.47. The average Bonchev–Trinajstić information content (AvgIpc) is 2.26. The molecule has 0 aliphatic heterocycles. The molecular formula is C15H20FNO3. The van der Waals surface area contributed by atoms with E-state index in [-0.39, 0.29) is 31.1 Å². The normalized spacial score (nSPS) is 11.2. The maximum Gasteiger partial charge on any atom is 0.305 e. The van der Waals surface area contributed by atoms with E-state index in [1.807, 2.05) is 20.8 Å². The Balaban J connectivity index is 2.80. The highest BCUT2D eigenvalue weighted by molar-refractivity contribution is 5.80. The van der Waals surface area contributed by atoms with Gasteiger partial charge in [0.1, 0.15) is 5.82 Å². The molecule has 5 heteroatoms. The molecule has 1 aromatic rings. The van der Waals surface area contributed by atoms with Gasteiger partial charge < -0.3 is 10.0 Å². The van der Waals surface area contributed by atoms with Crippen LogP contribution in [0.4, 0.5) is 4.39 Å². The van der Waals surface area contributed by atoms with Crippen molar-refractivity contribution in [3.05, 3.63) is 35.6 Å². The topological polar surface area (TPSA) is 57.6 Å². The average molecular weight is 281 g/mol. The molecule has 20 heavy (non-hydrogen) atoms.